The molecule has 3 N–H and O–H groups in total. The number of hydrogen-bond acceptors (Lipinski definition) is 15. The minimum Gasteiger partial charge on any atom is -0.462 e. The maximum atomic E-state index is 13.1. The summed E-state index contributed by atoms with van der Waals surface area (Å²) in [5, 5.41) is 10.6. The number of ether oxygens (including phenoxy) is 4. The van der Waals surface area contributed by atoms with Crippen LogP contribution < -0.4 is 0 Å². The number of unbranched alkanes of at least 4 members (excludes halogenated alkanes) is 34. The second-order valence-corrected chi connectivity index (χ2v) is 30.9. The van der Waals surface area contributed by atoms with Crippen molar-refractivity contribution < 1.29 is 80.2 Å². The lowest BCUT2D eigenvalue weighted by Gasteiger charge is -2.21. The van der Waals surface area contributed by atoms with E-state index in [1.165, 1.54) is 173 Å². The van der Waals surface area contributed by atoms with Crippen LogP contribution in [0.4, 0.5) is 0 Å². The van der Waals surface area contributed by atoms with Crippen molar-refractivity contribution in [2.75, 3.05) is 39.6 Å². The molecule has 0 aliphatic carbocycles. The number of aliphatic hydroxyl groups is 1. The van der Waals surface area contributed by atoms with Gasteiger partial charge in [0.1, 0.15) is 19.3 Å². The Morgan fingerprint density at radius 2 is 0.479 bits per heavy atom. The molecule has 19 heteroatoms. The van der Waals surface area contributed by atoms with Gasteiger partial charge in [0.25, 0.3) is 0 Å². The molecule has 0 aromatic rings. The Morgan fingerprint density at radius 1 is 0.287 bits per heavy atom. The molecule has 0 saturated heterocycles. The molecule has 0 saturated carbocycles. The second kappa shape index (κ2) is 64.4. The molecule has 0 rings (SSSR count). The topological polar surface area (TPSA) is 237 Å². The van der Waals surface area contributed by atoms with E-state index in [-0.39, 0.29) is 25.7 Å². The maximum Gasteiger partial charge on any atom is 0.472 e. The van der Waals surface area contributed by atoms with Crippen molar-refractivity contribution in [3.8, 4) is 0 Å². The first-order valence-electron chi connectivity index (χ1n) is 38.9. The number of carbonyl (C=O) groups excluding carboxylic acids is 4. The molecule has 0 aromatic carbocycles. The van der Waals surface area contributed by atoms with Gasteiger partial charge in [0.15, 0.2) is 12.2 Å². The van der Waals surface area contributed by atoms with Crippen molar-refractivity contribution in [1.29, 1.82) is 0 Å². The van der Waals surface area contributed by atoms with Gasteiger partial charge in [-0.1, -0.05) is 325 Å². The van der Waals surface area contributed by atoms with Crippen LogP contribution in [0.1, 0.15) is 376 Å². The van der Waals surface area contributed by atoms with E-state index in [0.29, 0.717) is 25.7 Å². The van der Waals surface area contributed by atoms with E-state index >= 15 is 0 Å². The van der Waals surface area contributed by atoms with Gasteiger partial charge in [-0.25, -0.2) is 9.13 Å². The molecule has 0 radical (unpaired) electrons. The molecule has 0 aromatic heterocycles. The van der Waals surface area contributed by atoms with Crippen LogP contribution >= 0.6 is 15.6 Å². The number of hydrogen-bond donors (Lipinski definition) is 3. The summed E-state index contributed by atoms with van der Waals surface area (Å²) in [7, 11) is -9.91. The molecule has 9 atom stereocenters. The molecule has 0 fully saturated rings. The zero-order valence-electron chi connectivity index (χ0n) is 61.6. The van der Waals surface area contributed by atoms with Crippen LogP contribution in [0.3, 0.4) is 0 Å². The number of phosphoric acid groups is 2. The smallest absolute Gasteiger partial charge is 0.462 e. The summed E-state index contributed by atoms with van der Waals surface area (Å²) in [6.45, 7) is 14.2. The van der Waals surface area contributed by atoms with E-state index in [0.717, 1.165) is 120 Å². The molecule has 6 unspecified atom stereocenters. The molecule has 0 aliphatic rings. The highest BCUT2D eigenvalue weighted by Crippen LogP contribution is 2.45. The van der Waals surface area contributed by atoms with Crippen molar-refractivity contribution in [3.05, 3.63) is 0 Å². The highest BCUT2D eigenvalue weighted by molar-refractivity contribution is 7.47. The molecular formula is C75H146O17P2. The molecular weight excluding hydrogens is 1230 g/mol. The summed E-state index contributed by atoms with van der Waals surface area (Å²) in [5.41, 5.74) is 0. The van der Waals surface area contributed by atoms with Gasteiger partial charge in [-0.3, -0.25) is 37.3 Å². The first-order chi connectivity index (χ1) is 45.2. The summed E-state index contributed by atoms with van der Waals surface area (Å²) in [4.78, 5) is 72.8. The van der Waals surface area contributed by atoms with Crippen LogP contribution in [0.25, 0.3) is 0 Å². The van der Waals surface area contributed by atoms with Crippen LogP contribution in [0.2, 0.25) is 0 Å². The molecule has 558 valence electrons. The second-order valence-electron chi connectivity index (χ2n) is 28.0. The Balaban J connectivity index is 5.26. The molecule has 17 nitrogen and oxygen atoms in total. The Bertz CT molecular complexity index is 1860. The quantitative estimate of drug-likeness (QED) is 0.0222. The first-order valence-corrected chi connectivity index (χ1v) is 41.8. The normalized spacial score (nSPS) is 15.3. The van der Waals surface area contributed by atoms with Crippen LogP contribution in [-0.4, -0.2) is 96.7 Å². The molecule has 0 heterocycles. The number of carbonyl (C=O) groups is 4. The predicted molar refractivity (Wildman–Crippen MR) is 381 cm³/mol. The third-order valence-electron chi connectivity index (χ3n) is 18.8. The SMILES string of the molecule is CCC(C)CCCCCCCCCCCCCCCCC(=O)O[C@H](COC(=O)CCCCCCCCCCC(C)CC)COP(=O)(O)OC[C@@H](O)COP(=O)(O)OC[C@@H](COC(=O)CCCCCCCCC(C)CC)OC(=O)CCCCCCCCCCCCC(C)CC. The summed E-state index contributed by atoms with van der Waals surface area (Å²) in [5.74, 6) is 1.03. The van der Waals surface area contributed by atoms with E-state index in [9.17, 15) is 43.2 Å². The average Bonchev–Trinajstić information content (AvgIpc) is 1.47. The number of phosphoric ester groups is 2. The van der Waals surface area contributed by atoms with E-state index < -0.39 is 97.5 Å². The fraction of sp³-hybridized carbons (Fsp3) is 0.947. The Labute approximate surface area is 575 Å². The van der Waals surface area contributed by atoms with Crippen molar-refractivity contribution in [2.45, 2.75) is 395 Å². The summed E-state index contributed by atoms with van der Waals surface area (Å²) >= 11 is 0. The number of rotatable bonds is 72. The van der Waals surface area contributed by atoms with E-state index in [1.807, 2.05) is 0 Å². The Morgan fingerprint density at radius 3 is 0.702 bits per heavy atom. The molecule has 94 heavy (non-hydrogen) atoms. The van der Waals surface area contributed by atoms with Gasteiger partial charge >= 0.3 is 39.5 Å². The molecule has 0 bridgehead atoms. The third kappa shape index (κ3) is 63.5. The Hall–Kier alpha value is -1.94. The van der Waals surface area contributed by atoms with Crippen molar-refractivity contribution in [3.63, 3.8) is 0 Å². The first kappa shape index (κ1) is 92.1. The van der Waals surface area contributed by atoms with Gasteiger partial charge < -0.3 is 33.8 Å². The zero-order chi connectivity index (χ0) is 69.6. The fourth-order valence-electron chi connectivity index (χ4n) is 11.2. The van der Waals surface area contributed by atoms with Gasteiger partial charge in [-0.2, -0.15) is 0 Å². The predicted octanol–water partition coefficient (Wildman–Crippen LogP) is 21.7. The van der Waals surface area contributed by atoms with Gasteiger partial charge in [0.05, 0.1) is 26.4 Å². The van der Waals surface area contributed by atoms with Gasteiger partial charge in [-0.15, -0.1) is 0 Å². The van der Waals surface area contributed by atoms with Gasteiger partial charge in [0.2, 0.25) is 0 Å². The molecule has 0 aliphatic heterocycles. The van der Waals surface area contributed by atoms with Crippen LogP contribution in [0.15, 0.2) is 0 Å². The molecule has 0 spiro atoms. The Kier molecular flexibility index (Phi) is 63.1. The number of esters is 4. The average molecular weight is 1380 g/mol. The van der Waals surface area contributed by atoms with E-state index in [4.69, 9.17) is 37.0 Å². The van der Waals surface area contributed by atoms with Crippen LogP contribution in [-0.2, 0) is 65.4 Å². The highest BCUT2D eigenvalue weighted by atomic mass is 31.2. The van der Waals surface area contributed by atoms with Gasteiger partial charge in [0, 0.05) is 25.7 Å². The zero-order valence-corrected chi connectivity index (χ0v) is 63.4. The lowest BCUT2D eigenvalue weighted by molar-refractivity contribution is -0.161. The van der Waals surface area contributed by atoms with E-state index in [2.05, 4.69) is 55.4 Å². The fourth-order valence-corrected chi connectivity index (χ4v) is 12.8. The number of aliphatic hydroxyl groups excluding tert-OH is 1. The van der Waals surface area contributed by atoms with Crippen molar-refractivity contribution in [2.24, 2.45) is 23.7 Å². The molecule has 0 amide bonds. The van der Waals surface area contributed by atoms with Crippen molar-refractivity contribution >= 4 is 39.5 Å². The summed E-state index contributed by atoms with van der Waals surface area (Å²) < 4.78 is 68.5. The monoisotopic (exact) mass is 1380 g/mol. The highest BCUT2D eigenvalue weighted by Gasteiger charge is 2.30. The largest absolute Gasteiger partial charge is 0.472 e. The van der Waals surface area contributed by atoms with E-state index in [1.54, 1.807) is 0 Å². The standard InChI is InChI=1S/C75H146O17P2/c1-9-65(5)51-43-35-27-21-17-15-13-14-16-18-23-31-41-49-57-74(79)91-70(61-85-72(77)55-47-39-30-26-25-29-37-45-53-67(7)11-3)63-89-93(81,82)87-59-69(76)60-88-94(83,84)90-64-71(62-86-73(78)56-48-40-34-33-38-46-54-68(8)12-4)92-75(80)58-50-42-32-24-20-19-22-28-36-44-52-66(6)10-2/h65-71,76H,9-64H2,1-8H3,(H,81,82)(H,83,84)/t65?,66?,67?,68?,69-,70-,71-/m1/s1. The third-order valence-corrected chi connectivity index (χ3v) is 20.7. The lowest BCUT2D eigenvalue weighted by Crippen LogP contribution is -2.30. The minimum absolute atomic E-state index is 0.105. The minimum atomic E-state index is -4.96. The van der Waals surface area contributed by atoms with Crippen LogP contribution in [0, 0.1) is 23.7 Å². The maximum absolute atomic E-state index is 13.1. The van der Waals surface area contributed by atoms with Crippen molar-refractivity contribution in [1.82, 2.24) is 0 Å². The van der Waals surface area contributed by atoms with Crippen LogP contribution in [0.5, 0.6) is 0 Å². The summed E-state index contributed by atoms with van der Waals surface area (Å²) in [6.07, 6.45) is 48.4. The van der Waals surface area contributed by atoms with Gasteiger partial charge in [-0.05, 0) is 49.4 Å². The summed E-state index contributed by atoms with van der Waals surface area (Å²) in [6, 6.07) is 0. The lowest BCUT2D eigenvalue weighted by atomic mass is 9.99.